The molecule has 0 spiro atoms. The van der Waals surface area contributed by atoms with Gasteiger partial charge in [0.25, 0.3) is 10.0 Å². The minimum Gasteiger partial charge on any atom is -0.493 e. The zero-order valence-corrected chi connectivity index (χ0v) is 15.8. The van der Waals surface area contributed by atoms with Crippen LogP contribution in [0.5, 0.6) is 5.75 Å². The number of fused-ring (bicyclic) bond motifs is 1. The van der Waals surface area contributed by atoms with Gasteiger partial charge in [0.05, 0.1) is 23.2 Å². The quantitative estimate of drug-likeness (QED) is 0.741. The van der Waals surface area contributed by atoms with Crippen molar-refractivity contribution in [1.29, 1.82) is 0 Å². The fourth-order valence-electron chi connectivity index (χ4n) is 3.99. The van der Waals surface area contributed by atoms with Gasteiger partial charge in [-0.2, -0.15) is 0 Å². The van der Waals surface area contributed by atoms with Crippen LogP contribution < -0.4 is 14.4 Å². The maximum atomic E-state index is 13.0. The van der Waals surface area contributed by atoms with E-state index in [9.17, 15) is 13.2 Å². The number of benzene rings is 3. The smallest absolute Gasteiger partial charge is 0.265 e. The van der Waals surface area contributed by atoms with Crippen molar-refractivity contribution in [3.63, 3.8) is 0 Å². The molecule has 2 heterocycles. The fourth-order valence-corrected chi connectivity index (χ4v) is 5.66. The summed E-state index contributed by atoms with van der Waals surface area (Å²) in [6.45, 7) is 0.254. The summed E-state index contributed by atoms with van der Waals surface area (Å²) in [6, 6.07) is 18.0. The number of anilines is 1. The monoisotopic (exact) mass is 394 g/mol. The molecular formula is C21H18N2O4S. The first-order valence-corrected chi connectivity index (χ1v) is 10.6. The first kappa shape index (κ1) is 17.1. The Bertz CT molecular complexity index is 1200. The van der Waals surface area contributed by atoms with E-state index in [2.05, 4.69) is 5.32 Å². The van der Waals surface area contributed by atoms with Gasteiger partial charge in [-0.25, -0.2) is 8.42 Å². The third kappa shape index (κ3) is 2.54. The number of nitrogens with zero attached hydrogens (tertiary/aromatic N) is 1. The van der Waals surface area contributed by atoms with Crippen molar-refractivity contribution in [3.8, 4) is 5.75 Å². The third-order valence-electron chi connectivity index (χ3n) is 5.26. The molecule has 6 nitrogen and oxygen atoms in total. The van der Waals surface area contributed by atoms with Crippen LogP contribution in [0.4, 0.5) is 5.69 Å². The van der Waals surface area contributed by atoms with E-state index >= 15 is 0 Å². The second-order valence-corrected chi connectivity index (χ2v) is 8.77. The lowest BCUT2D eigenvalue weighted by Gasteiger charge is -2.27. The number of sulfonamides is 1. The van der Waals surface area contributed by atoms with Gasteiger partial charge in [0, 0.05) is 17.4 Å². The van der Waals surface area contributed by atoms with Crippen molar-refractivity contribution in [1.82, 2.24) is 5.32 Å². The molecule has 0 bridgehead atoms. The lowest BCUT2D eigenvalue weighted by Crippen LogP contribution is -2.41. The third-order valence-corrected chi connectivity index (χ3v) is 7.06. The lowest BCUT2D eigenvalue weighted by molar-refractivity contribution is -0.120. The largest absolute Gasteiger partial charge is 0.493 e. The van der Waals surface area contributed by atoms with Gasteiger partial charge in [0.2, 0.25) is 5.91 Å². The molecule has 1 amide bonds. The Morgan fingerprint density at radius 2 is 1.86 bits per heavy atom. The molecule has 28 heavy (non-hydrogen) atoms. The zero-order valence-electron chi connectivity index (χ0n) is 15.0. The molecule has 1 N–H and O–H groups in total. The van der Waals surface area contributed by atoms with E-state index in [0.29, 0.717) is 24.1 Å². The maximum Gasteiger partial charge on any atom is 0.265 e. The number of amides is 1. The summed E-state index contributed by atoms with van der Waals surface area (Å²) in [7, 11) is -3.75. The Morgan fingerprint density at radius 1 is 1.07 bits per heavy atom. The van der Waals surface area contributed by atoms with Crippen LogP contribution in [-0.4, -0.2) is 27.5 Å². The number of para-hydroxylation sites is 1. The molecule has 2 aliphatic heterocycles. The van der Waals surface area contributed by atoms with E-state index in [4.69, 9.17) is 4.74 Å². The van der Waals surface area contributed by atoms with Crippen LogP contribution in [0.25, 0.3) is 10.8 Å². The SMILES string of the molecule is O=C(CN1c2cccc3cccc(c23)S1(=O)=O)N[C@@H]1CCOc2ccccc21. The Kier molecular flexibility index (Phi) is 3.80. The number of hydrogen-bond donors (Lipinski definition) is 1. The van der Waals surface area contributed by atoms with Gasteiger partial charge >= 0.3 is 0 Å². The summed E-state index contributed by atoms with van der Waals surface area (Å²) < 4.78 is 32.9. The number of rotatable bonds is 3. The highest BCUT2D eigenvalue weighted by atomic mass is 32.2. The highest BCUT2D eigenvalue weighted by Crippen LogP contribution is 2.41. The molecule has 142 valence electrons. The van der Waals surface area contributed by atoms with Crippen molar-refractivity contribution >= 4 is 32.4 Å². The van der Waals surface area contributed by atoms with E-state index < -0.39 is 10.0 Å². The molecule has 0 aliphatic carbocycles. The zero-order chi connectivity index (χ0) is 19.3. The Balaban J connectivity index is 1.43. The molecule has 0 saturated carbocycles. The number of nitrogens with one attached hydrogen (secondary N) is 1. The minimum atomic E-state index is -3.75. The fraction of sp³-hybridized carbons (Fsp3) is 0.190. The molecular weight excluding hydrogens is 376 g/mol. The summed E-state index contributed by atoms with van der Waals surface area (Å²) >= 11 is 0. The Morgan fingerprint density at radius 3 is 2.71 bits per heavy atom. The maximum absolute atomic E-state index is 13.0. The summed E-state index contributed by atoms with van der Waals surface area (Å²) in [5.74, 6) is 0.417. The number of ether oxygens (including phenoxy) is 1. The van der Waals surface area contributed by atoms with E-state index in [0.717, 1.165) is 16.7 Å². The van der Waals surface area contributed by atoms with Gasteiger partial charge in [-0.3, -0.25) is 9.10 Å². The predicted molar refractivity (Wildman–Crippen MR) is 106 cm³/mol. The van der Waals surface area contributed by atoms with E-state index in [1.165, 1.54) is 4.31 Å². The number of carbonyl (C=O) groups excluding carboxylic acids is 1. The van der Waals surface area contributed by atoms with Crippen LogP contribution in [0.2, 0.25) is 0 Å². The second kappa shape index (κ2) is 6.24. The van der Waals surface area contributed by atoms with Gasteiger partial charge in [0.15, 0.2) is 0 Å². The van der Waals surface area contributed by atoms with Crippen molar-refractivity contribution in [2.24, 2.45) is 0 Å². The first-order valence-electron chi connectivity index (χ1n) is 9.11. The molecule has 0 unspecified atom stereocenters. The van der Waals surface area contributed by atoms with Gasteiger partial charge in [-0.05, 0) is 23.6 Å². The Labute approximate surface area is 162 Å². The van der Waals surface area contributed by atoms with Gasteiger partial charge in [-0.1, -0.05) is 42.5 Å². The van der Waals surface area contributed by atoms with Crippen molar-refractivity contribution in [2.45, 2.75) is 17.4 Å². The van der Waals surface area contributed by atoms with Gasteiger partial charge < -0.3 is 10.1 Å². The van der Waals surface area contributed by atoms with E-state index in [-0.39, 0.29) is 23.4 Å². The molecule has 0 saturated heterocycles. The number of carbonyl (C=O) groups is 1. The van der Waals surface area contributed by atoms with E-state index in [1.54, 1.807) is 18.2 Å². The first-order chi connectivity index (χ1) is 13.6. The van der Waals surface area contributed by atoms with Crippen LogP contribution in [0.3, 0.4) is 0 Å². The molecule has 3 aromatic rings. The number of hydrogen-bond acceptors (Lipinski definition) is 4. The van der Waals surface area contributed by atoms with Gasteiger partial charge in [0.1, 0.15) is 12.3 Å². The Hall–Kier alpha value is -3.06. The molecule has 2 aliphatic rings. The minimum absolute atomic E-state index is 0.194. The summed E-state index contributed by atoms with van der Waals surface area (Å²) in [4.78, 5) is 13.0. The standard InChI is InChI=1S/C21H18N2O4S/c24-20(22-16-11-12-27-18-9-2-1-7-15(16)18)13-23-17-8-3-5-14-6-4-10-19(21(14)17)28(23,25)26/h1-10,16H,11-13H2,(H,22,24)/t16-/m1/s1. The lowest BCUT2D eigenvalue weighted by atomic mass is 10.0. The molecule has 5 rings (SSSR count). The van der Waals surface area contributed by atoms with Crippen LogP contribution in [0, 0.1) is 0 Å². The highest BCUT2D eigenvalue weighted by molar-refractivity contribution is 7.93. The molecule has 1 atom stereocenters. The van der Waals surface area contributed by atoms with Crippen LogP contribution >= 0.6 is 0 Å². The molecule has 0 aromatic heterocycles. The molecule has 0 radical (unpaired) electrons. The average molecular weight is 394 g/mol. The molecule has 0 fully saturated rings. The second-order valence-electron chi connectivity index (χ2n) is 6.94. The van der Waals surface area contributed by atoms with Crippen molar-refractivity contribution in [2.75, 3.05) is 17.5 Å². The van der Waals surface area contributed by atoms with E-state index in [1.807, 2.05) is 42.5 Å². The van der Waals surface area contributed by atoms with Gasteiger partial charge in [-0.15, -0.1) is 0 Å². The van der Waals surface area contributed by atoms with Crippen molar-refractivity contribution < 1.29 is 17.9 Å². The molecule has 7 heteroatoms. The predicted octanol–water partition coefficient (Wildman–Crippen LogP) is 2.99. The average Bonchev–Trinajstić information content (AvgIpc) is 2.92. The summed E-state index contributed by atoms with van der Waals surface area (Å²) in [5.41, 5.74) is 1.47. The van der Waals surface area contributed by atoms with Crippen LogP contribution in [-0.2, 0) is 14.8 Å². The van der Waals surface area contributed by atoms with Crippen LogP contribution in [0.15, 0.2) is 65.6 Å². The highest BCUT2D eigenvalue weighted by Gasteiger charge is 2.37. The van der Waals surface area contributed by atoms with Crippen LogP contribution in [0.1, 0.15) is 18.0 Å². The summed E-state index contributed by atoms with van der Waals surface area (Å²) in [5, 5.41) is 4.50. The molecule has 3 aromatic carbocycles. The summed E-state index contributed by atoms with van der Waals surface area (Å²) in [6.07, 6.45) is 0.644. The van der Waals surface area contributed by atoms with Crippen molar-refractivity contribution in [3.05, 3.63) is 66.2 Å². The normalized spacial score (nSPS) is 19.1. The topological polar surface area (TPSA) is 75.7 Å².